The van der Waals surface area contributed by atoms with Gasteiger partial charge >= 0.3 is 0 Å². The lowest BCUT2D eigenvalue weighted by molar-refractivity contribution is -0.136. The number of aromatic hydroxyl groups is 1. The maximum atomic E-state index is 12.5. The van der Waals surface area contributed by atoms with Crippen LogP contribution in [0.25, 0.3) is 0 Å². The number of nitriles is 1. The first kappa shape index (κ1) is 17.3. The average Bonchev–Trinajstić information content (AvgIpc) is 2.59. The van der Waals surface area contributed by atoms with Crippen LogP contribution in [0.5, 0.6) is 5.75 Å². The van der Waals surface area contributed by atoms with Crippen molar-refractivity contribution < 1.29 is 14.7 Å². The second-order valence-electron chi connectivity index (χ2n) is 5.58. The molecule has 1 aliphatic rings. The van der Waals surface area contributed by atoms with Crippen LogP contribution in [0.3, 0.4) is 0 Å². The summed E-state index contributed by atoms with van der Waals surface area (Å²) < 4.78 is 0. The highest BCUT2D eigenvalue weighted by Gasteiger charge is 2.24. The third kappa shape index (κ3) is 4.04. The predicted molar refractivity (Wildman–Crippen MR) is 89.0 cm³/mol. The Kier molecular flexibility index (Phi) is 5.42. The molecule has 1 fully saturated rings. The van der Waals surface area contributed by atoms with E-state index in [2.05, 4.69) is 0 Å². The minimum absolute atomic E-state index is 0.00906. The van der Waals surface area contributed by atoms with Crippen LogP contribution in [-0.2, 0) is 9.59 Å². The van der Waals surface area contributed by atoms with Crippen LogP contribution in [0.2, 0.25) is 0 Å². The molecule has 126 valence electrons. The summed E-state index contributed by atoms with van der Waals surface area (Å²) in [7, 11) is 1.73. The number of carbonyl (C=O) groups excluding carboxylic acids is 2. The van der Waals surface area contributed by atoms with Gasteiger partial charge in [-0.05, 0) is 24.3 Å². The number of anilines is 1. The number of phenolic OH excluding ortho intramolecular Hbond substituents is 1. The lowest BCUT2D eigenvalue weighted by atomic mass is 10.2. The molecule has 0 spiro atoms. The monoisotopic (exact) mass is 328 g/mol. The van der Waals surface area contributed by atoms with Gasteiger partial charge in [-0.15, -0.1) is 0 Å². The molecule has 0 saturated carbocycles. The molecule has 0 aliphatic carbocycles. The molecule has 7 heteroatoms. The van der Waals surface area contributed by atoms with Gasteiger partial charge < -0.3 is 19.8 Å². The van der Waals surface area contributed by atoms with E-state index in [1.54, 1.807) is 33.9 Å². The molecule has 1 aromatic carbocycles. The number of nitrogens with zero attached hydrogens (tertiary/aromatic N) is 4. The van der Waals surface area contributed by atoms with E-state index in [4.69, 9.17) is 0 Å². The van der Waals surface area contributed by atoms with Gasteiger partial charge in [0.25, 0.3) is 5.91 Å². The molecule has 1 saturated heterocycles. The Morgan fingerprint density at radius 2 is 1.71 bits per heavy atom. The maximum Gasteiger partial charge on any atom is 0.266 e. The number of benzene rings is 1. The van der Waals surface area contributed by atoms with Gasteiger partial charge in [0.05, 0.1) is 0 Å². The van der Waals surface area contributed by atoms with Crippen molar-refractivity contribution >= 4 is 17.5 Å². The second-order valence-corrected chi connectivity index (χ2v) is 5.58. The van der Waals surface area contributed by atoms with E-state index < -0.39 is 0 Å². The Bertz CT molecular complexity index is 683. The van der Waals surface area contributed by atoms with E-state index in [0.717, 1.165) is 5.69 Å². The molecule has 0 unspecified atom stereocenters. The number of piperazine rings is 1. The summed E-state index contributed by atoms with van der Waals surface area (Å²) in [4.78, 5) is 28.7. The molecular weight excluding hydrogens is 308 g/mol. The van der Waals surface area contributed by atoms with Crippen LogP contribution in [0.15, 0.2) is 36.0 Å². The zero-order valence-corrected chi connectivity index (χ0v) is 13.8. The highest BCUT2D eigenvalue weighted by atomic mass is 16.3. The number of phenols is 1. The van der Waals surface area contributed by atoms with Crippen molar-refractivity contribution in [1.29, 1.82) is 5.26 Å². The van der Waals surface area contributed by atoms with E-state index >= 15 is 0 Å². The Morgan fingerprint density at radius 1 is 1.17 bits per heavy atom. The van der Waals surface area contributed by atoms with Crippen LogP contribution in [0, 0.1) is 11.3 Å². The second kappa shape index (κ2) is 7.51. The molecular formula is C17H20N4O3. The largest absolute Gasteiger partial charge is 0.508 e. The zero-order valence-electron chi connectivity index (χ0n) is 13.8. The molecule has 0 atom stereocenters. The van der Waals surface area contributed by atoms with Crippen molar-refractivity contribution in [2.24, 2.45) is 0 Å². The Hall–Kier alpha value is -3.01. The smallest absolute Gasteiger partial charge is 0.266 e. The van der Waals surface area contributed by atoms with Crippen LogP contribution < -0.4 is 4.90 Å². The fourth-order valence-corrected chi connectivity index (χ4v) is 2.48. The first-order valence-corrected chi connectivity index (χ1v) is 7.61. The van der Waals surface area contributed by atoms with Crippen LogP contribution >= 0.6 is 0 Å². The lowest BCUT2D eigenvalue weighted by Crippen LogP contribution is -2.50. The fraction of sp³-hybridized carbons (Fsp3) is 0.353. The first-order valence-electron chi connectivity index (χ1n) is 7.61. The Balaban J connectivity index is 2.07. The predicted octanol–water partition coefficient (Wildman–Crippen LogP) is 0.927. The zero-order chi connectivity index (χ0) is 17.7. The lowest BCUT2D eigenvalue weighted by Gasteiger charge is -2.34. The summed E-state index contributed by atoms with van der Waals surface area (Å²) in [5.41, 5.74) is 0.775. The SMILES string of the molecule is CC(=O)N1CCN(C(=O)/C(C#N)=C\N(C)c2ccc(O)cc2)CC1. The normalized spacial score (nSPS) is 15.0. The van der Waals surface area contributed by atoms with Crippen molar-refractivity contribution in [2.45, 2.75) is 6.92 Å². The molecule has 2 amide bonds. The number of hydrogen-bond acceptors (Lipinski definition) is 5. The standard InChI is InChI=1S/C17H20N4O3/c1-13(22)20-7-9-21(10-8-20)17(24)14(11-18)12-19(2)15-3-5-16(23)6-4-15/h3-6,12,23H,7-10H2,1-2H3/b14-12-. The summed E-state index contributed by atoms with van der Waals surface area (Å²) >= 11 is 0. The van der Waals surface area contributed by atoms with Crippen LogP contribution in [0.4, 0.5) is 5.69 Å². The quantitative estimate of drug-likeness (QED) is 0.659. The molecule has 0 bridgehead atoms. The third-order valence-corrected chi connectivity index (χ3v) is 3.94. The summed E-state index contributed by atoms with van der Waals surface area (Å²) in [5, 5.41) is 18.6. The molecule has 2 rings (SSSR count). The maximum absolute atomic E-state index is 12.5. The minimum atomic E-state index is -0.341. The van der Waals surface area contributed by atoms with E-state index in [1.807, 2.05) is 6.07 Å². The Labute approximate surface area is 141 Å². The molecule has 1 N–H and O–H groups in total. The summed E-state index contributed by atoms with van der Waals surface area (Å²) in [6.45, 7) is 3.30. The van der Waals surface area contributed by atoms with E-state index in [-0.39, 0.29) is 23.1 Å². The van der Waals surface area contributed by atoms with Gasteiger partial charge in [0.15, 0.2) is 0 Å². The molecule has 1 aliphatic heterocycles. The number of rotatable bonds is 3. The van der Waals surface area contributed by atoms with Crippen molar-refractivity contribution in [1.82, 2.24) is 9.80 Å². The van der Waals surface area contributed by atoms with Gasteiger partial charge in [0, 0.05) is 52.0 Å². The molecule has 24 heavy (non-hydrogen) atoms. The van der Waals surface area contributed by atoms with Gasteiger partial charge in [-0.1, -0.05) is 0 Å². The van der Waals surface area contributed by atoms with Crippen LogP contribution in [0.1, 0.15) is 6.92 Å². The molecule has 1 heterocycles. The molecule has 1 aromatic rings. The van der Waals surface area contributed by atoms with Crippen molar-refractivity contribution in [2.75, 3.05) is 38.1 Å². The summed E-state index contributed by atoms with van der Waals surface area (Å²) in [6, 6.07) is 8.40. The summed E-state index contributed by atoms with van der Waals surface area (Å²) in [5.74, 6) is -0.201. The van der Waals surface area contributed by atoms with Gasteiger partial charge in [-0.3, -0.25) is 9.59 Å². The fourth-order valence-electron chi connectivity index (χ4n) is 2.48. The average molecular weight is 328 g/mol. The van der Waals surface area contributed by atoms with Gasteiger partial charge in [0.2, 0.25) is 5.91 Å². The van der Waals surface area contributed by atoms with E-state index in [1.165, 1.54) is 25.3 Å². The highest BCUT2D eigenvalue weighted by Crippen LogP contribution is 2.18. The van der Waals surface area contributed by atoms with Crippen molar-refractivity contribution in [3.63, 3.8) is 0 Å². The van der Waals surface area contributed by atoms with Gasteiger partial charge in [-0.25, -0.2) is 0 Å². The summed E-state index contributed by atoms with van der Waals surface area (Å²) in [6.07, 6.45) is 1.48. The van der Waals surface area contributed by atoms with Crippen molar-refractivity contribution in [3.8, 4) is 11.8 Å². The first-order chi connectivity index (χ1) is 11.4. The molecule has 0 aromatic heterocycles. The number of amides is 2. The topological polar surface area (TPSA) is 87.9 Å². The minimum Gasteiger partial charge on any atom is -0.508 e. The van der Waals surface area contributed by atoms with E-state index in [0.29, 0.717) is 26.2 Å². The highest BCUT2D eigenvalue weighted by molar-refractivity contribution is 5.97. The van der Waals surface area contributed by atoms with E-state index in [9.17, 15) is 20.0 Å². The van der Waals surface area contributed by atoms with Gasteiger partial charge in [-0.2, -0.15) is 5.26 Å². The molecule has 0 radical (unpaired) electrons. The number of carbonyl (C=O) groups is 2. The third-order valence-electron chi connectivity index (χ3n) is 3.94. The van der Waals surface area contributed by atoms with Crippen LogP contribution in [-0.4, -0.2) is 59.9 Å². The Morgan fingerprint density at radius 3 is 2.21 bits per heavy atom. The van der Waals surface area contributed by atoms with Gasteiger partial charge in [0.1, 0.15) is 17.4 Å². The van der Waals surface area contributed by atoms with Crippen molar-refractivity contribution in [3.05, 3.63) is 36.0 Å². The molecule has 7 nitrogen and oxygen atoms in total. The number of hydrogen-bond donors (Lipinski definition) is 1.